The number of nitrogens with zero attached hydrogens (tertiary/aromatic N) is 1. The van der Waals surface area contributed by atoms with Crippen molar-refractivity contribution in [3.8, 4) is 5.75 Å². The Bertz CT molecular complexity index is 534. The van der Waals surface area contributed by atoms with Gasteiger partial charge >= 0.3 is 0 Å². The number of hydrogen-bond donors (Lipinski definition) is 1. The summed E-state index contributed by atoms with van der Waals surface area (Å²) in [7, 11) is 1.98. The van der Waals surface area contributed by atoms with Crippen LogP contribution in [0.5, 0.6) is 5.75 Å². The van der Waals surface area contributed by atoms with Crippen molar-refractivity contribution in [2.75, 3.05) is 20.1 Å². The number of carbonyl (C=O) groups is 1. The van der Waals surface area contributed by atoms with E-state index in [0.717, 1.165) is 31.7 Å². The summed E-state index contributed by atoms with van der Waals surface area (Å²) in [4.78, 5) is 14.5. The highest BCUT2D eigenvalue weighted by Crippen LogP contribution is 2.24. The zero-order valence-corrected chi connectivity index (χ0v) is 15.1. The van der Waals surface area contributed by atoms with Gasteiger partial charge in [-0.3, -0.25) is 4.79 Å². The van der Waals surface area contributed by atoms with Crippen molar-refractivity contribution in [1.29, 1.82) is 0 Å². The Kier molecular flexibility index (Phi) is 6.05. The van der Waals surface area contributed by atoms with Crippen LogP contribution in [0.25, 0.3) is 0 Å². The van der Waals surface area contributed by atoms with E-state index in [1.807, 2.05) is 31.0 Å². The summed E-state index contributed by atoms with van der Waals surface area (Å²) >= 11 is 0. The number of hydrogen-bond acceptors (Lipinski definition) is 3. The van der Waals surface area contributed by atoms with Crippen molar-refractivity contribution in [3.63, 3.8) is 0 Å². The van der Waals surface area contributed by atoms with Crippen molar-refractivity contribution in [2.45, 2.75) is 58.6 Å². The summed E-state index contributed by atoms with van der Waals surface area (Å²) in [5, 5.41) is 3.28. The Balaban J connectivity index is 1.95. The van der Waals surface area contributed by atoms with Crippen LogP contribution in [-0.4, -0.2) is 43.1 Å². The smallest absolute Gasteiger partial charge is 0.263 e. The Hall–Kier alpha value is -1.55. The molecule has 2 rings (SSSR count). The Morgan fingerprint density at radius 1 is 1.26 bits per heavy atom. The average molecular weight is 318 g/mol. The van der Waals surface area contributed by atoms with Crippen molar-refractivity contribution >= 4 is 5.91 Å². The minimum atomic E-state index is -0.439. The van der Waals surface area contributed by atoms with E-state index in [9.17, 15) is 4.79 Å². The molecule has 1 amide bonds. The summed E-state index contributed by atoms with van der Waals surface area (Å²) in [6.45, 7) is 9.93. The van der Waals surface area contributed by atoms with Crippen LogP contribution in [0.3, 0.4) is 0 Å². The van der Waals surface area contributed by atoms with Crippen LogP contribution in [0.1, 0.15) is 50.7 Å². The maximum Gasteiger partial charge on any atom is 0.263 e. The van der Waals surface area contributed by atoms with Crippen molar-refractivity contribution in [2.24, 2.45) is 0 Å². The molecule has 0 spiro atoms. The van der Waals surface area contributed by atoms with Gasteiger partial charge < -0.3 is 15.0 Å². The monoisotopic (exact) mass is 318 g/mol. The second-order valence-electron chi connectivity index (χ2n) is 6.82. The zero-order chi connectivity index (χ0) is 17.0. The fourth-order valence-electron chi connectivity index (χ4n) is 3.27. The van der Waals surface area contributed by atoms with Crippen LogP contribution in [0.2, 0.25) is 0 Å². The lowest BCUT2D eigenvalue weighted by atomic mass is 9.98. The third-order valence-electron chi connectivity index (χ3n) is 4.74. The van der Waals surface area contributed by atoms with E-state index in [1.54, 1.807) is 0 Å². The molecular weight excluding hydrogens is 288 g/mol. The van der Waals surface area contributed by atoms with Crippen LogP contribution >= 0.6 is 0 Å². The number of aryl methyl sites for hydroxylation is 1. The Labute approximate surface area is 140 Å². The molecule has 0 bridgehead atoms. The number of benzene rings is 1. The molecule has 4 nitrogen and oxygen atoms in total. The molecule has 0 aromatic heterocycles. The molecule has 1 aliphatic heterocycles. The van der Waals surface area contributed by atoms with Gasteiger partial charge in [-0.25, -0.2) is 0 Å². The first-order valence-electron chi connectivity index (χ1n) is 8.65. The molecule has 0 saturated carbocycles. The first-order valence-corrected chi connectivity index (χ1v) is 8.65. The van der Waals surface area contributed by atoms with E-state index in [0.29, 0.717) is 12.0 Å². The predicted molar refractivity (Wildman–Crippen MR) is 94.0 cm³/mol. The van der Waals surface area contributed by atoms with Gasteiger partial charge in [0, 0.05) is 19.1 Å². The third kappa shape index (κ3) is 4.47. The molecule has 1 heterocycles. The van der Waals surface area contributed by atoms with Gasteiger partial charge in [0.05, 0.1) is 0 Å². The molecule has 0 radical (unpaired) electrons. The summed E-state index contributed by atoms with van der Waals surface area (Å²) in [5.74, 6) is 1.36. The van der Waals surface area contributed by atoms with Crippen molar-refractivity contribution in [3.05, 3.63) is 29.3 Å². The summed E-state index contributed by atoms with van der Waals surface area (Å²) in [6, 6.07) is 6.64. The zero-order valence-electron chi connectivity index (χ0n) is 15.1. The molecule has 1 fully saturated rings. The van der Waals surface area contributed by atoms with Gasteiger partial charge in [-0.1, -0.05) is 19.9 Å². The van der Waals surface area contributed by atoms with Crippen LogP contribution < -0.4 is 10.1 Å². The van der Waals surface area contributed by atoms with E-state index in [2.05, 4.69) is 32.2 Å². The number of nitrogens with one attached hydrogen (secondary N) is 1. The number of carbonyl (C=O) groups excluding carboxylic acids is 1. The first kappa shape index (κ1) is 17.8. The first-order chi connectivity index (χ1) is 10.9. The molecule has 1 unspecified atom stereocenters. The van der Waals surface area contributed by atoms with E-state index in [1.165, 1.54) is 11.1 Å². The lowest BCUT2D eigenvalue weighted by Crippen LogP contribution is -2.48. The molecule has 4 heteroatoms. The van der Waals surface area contributed by atoms with E-state index in [-0.39, 0.29) is 5.91 Å². The SMILES string of the molecule is CNC1CCN(C(=O)C(C)Oc2ccc(C(C)C)c(C)c2)CC1. The van der Waals surface area contributed by atoms with Gasteiger partial charge in [-0.15, -0.1) is 0 Å². The van der Waals surface area contributed by atoms with Crippen molar-refractivity contribution in [1.82, 2.24) is 10.2 Å². The molecule has 0 aliphatic carbocycles. The van der Waals surface area contributed by atoms with E-state index in [4.69, 9.17) is 4.74 Å². The Morgan fingerprint density at radius 2 is 1.91 bits per heavy atom. The molecule has 1 atom stereocenters. The number of likely N-dealkylation sites (tertiary alicyclic amines) is 1. The fraction of sp³-hybridized carbons (Fsp3) is 0.632. The van der Waals surface area contributed by atoms with Gasteiger partial charge in [0.2, 0.25) is 0 Å². The van der Waals surface area contributed by atoms with Crippen LogP contribution in [0, 0.1) is 6.92 Å². The maximum atomic E-state index is 12.5. The van der Waals surface area contributed by atoms with Crippen molar-refractivity contribution < 1.29 is 9.53 Å². The molecule has 1 aromatic rings. The quantitative estimate of drug-likeness (QED) is 0.907. The lowest BCUT2D eigenvalue weighted by molar-refractivity contribution is -0.139. The summed E-state index contributed by atoms with van der Waals surface area (Å²) in [6.07, 6.45) is 1.58. The molecular formula is C19H30N2O2. The fourth-order valence-corrected chi connectivity index (χ4v) is 3.27. The normalized spacial score (nSPS) is 17.4. The van der Waals surface area contributed by atoms with Crippen LogP contribution in [0.15, 0.2) is 18.2 Å². The van der Waals surface area contributed by atoms with E-state index >= 15 is 0 Å². The topological polar surface area (TPSA) is 41.6 Å². The summed E-state index contributed by atoms with van der Waals surface area (Å²) in [5.41, 5.74) is 2.54. The lowest BCUT2D eigenvalue weighted by Gasteiger charge is -2.33. The summed E-state index contributed by atoms with van der Waals surface area (Å²) < 4.78 is 5.89. The number of piperidine rings is 1. The molecule has 1 aliphatic rings. The minimum absolute atomic E-state index is 0.0881. The van der Waals surface area contributed by atoms with Gasteiger partial charge in [0.25, 0.3) is 5.91 Å². The van der Waals surface area contributed by atoms with Crippen LogP contribution in [-0.2, 0) is 4.79 Å². The molecule has 128 valence electrons. The Morgan fingerprint density at radius 3 is 2.43 bits per heavy atom. The number of amides is 1. The minimum Gasteiger partial charge on any atom is -0.481 e. The standard InChI is InChI=1S/C19H30N2O2/c1-13(2)18-7-6-17(12-14(18)3)23-15(4)19(22)21-10-8-16(20-5)9-11-21/h6-7,12-13,15-16,20H,8-11H2,1-5H3. The highest BCUT2D eigenvalue weighted by Gasteiger charge is 2.26. The predicted octanol–water partition coefficient (Wildman–Crippen LogP) is 3.10. The molecule has 23 heavy (non-hydrogen) atoms. The maximum absolute atomic E-state index is 12.5. The van der Waals surface area contributed by atoms with Gasteiger partial charge in [0.15, 0.2) is 6.10 Å². The van der Waals surface area contributed by atoms with Gasteiger partial charge in [-0.2, -0.15) is 0 Å². The molecule has 1 saturated heterocycles. The van der Waals surface area contributed by atoms with Gasteiger partial charge in [-0.05, 0) is 62.9 Å². The second-order valence-corrected chi connectivity index (χ2v) is 6.82. The highest BCUT2D eigenvalue weighted by atomic mass is 16.5. The third-order valence-corrected chi connectivity index (χ3v) is 4.74. The highest BCUT2D eigenvalue weighted by molar-refractivity contribution is 5.81. The second kappa shape index (κ2) is 7.82. The van der Waals surface area contributed by atoms with E-state index < -0.39 is 6.10 Å². The average Bonchev–Trinajstić information content (AvgIpc) is 2.54. The molecule has 1 N–H and O–H groups in total. The number of ether oxygens (including phenoxy) is 1. The number of rotatable bonds is 5. The molecule has 1 aromatic carbocycles. The van der Waals surface area contributed by atoms with Crippen LogP contribution in [0.4, 0.5) is 0 Å². The van der Waals surface area contributed by atoms with Gasteiger partial charge in [0.1, 0.15) is 5.75 Å². The largest absolute Gasteiger partial charge is 0.481 e.